The summed E-state index contributed by atoms with van der Waals surface area (Å²) in [4.78, 5) is 25.0. The zero-order valence-electron chi connectivity index (χ0n) is 11.3. The highest BCUT2D eigenvalue weighted by Crippen LogP contribution is 2.36. The Balaban J connectivity index is 2.25. The molecule has 1 amide bonds. The van der Waals surface area contributed by atoms with Gasteiger partial charge >= 0.3 is 5.97 Å². The van der Waals surface area contributed by atoms with Crippen LogP contribution in [0.5, 0.6) is 11.5 Å². The van der Waals surface area contributed by atoms with Crippen molar-refractivity contribution in [3.05, 3.63) is 17.7 Å². The third-order valence-electron chi connectivity index (χ3n) is 2.99. The Morgan fingerprint density at radius 3 is 2.60 bits per heavy atom. The molecule has 0 saturated carbocycles. The largest absolute Gasteiger partial charge is 0.468 e. The van der Waals surface area contributed by atoms with E-state index in [0.717, 1.165) is 0 Å². The van der Waals surface area contributed by atoms with E-state index >= 15 is 0 Å². The minimum Gasteiger partial charge on any atom is -0.468 e. The molecule has 0 atom stereocenters. The van der Waals surface area contributed by atoms with Crippen molar-refractivity contribution in [2.75, 3.05) is 32.7 Å². The molecule has 0 saturated heterocycles. The third kappa shape index (κ3) is 2.61. The van der Waals surface area contributed by atoms with Crippen LogP contribution >= 0.6 is 0 Å². The van der Waals surface area contributed by atoms with E-state index in [1.54, 1.807) is 13.0 Å². The number of benzene rings is 1. The maximum Gasteiger partial charge on any atom is 0.325 e. The molecule has 108 valence electrons. The zero-order chi connectivity index (χ0) is 14.7. The number of hydrogen-bond donors (Lipinski definition) is 1. The van der Waals surface area contributed by atoms with Crippen molar-refractivity contribution in [3.63, 3.8) is 0 Å². The summed E-state index contributed by atoms with van der Waals surface area (Å²) in [6, 6.07) is 3.07. The van der Waals surface area contributed by atoms with Crippen LogP contribution in [0, 0.1) is 0 Å². The highest BCUT2D eigenvalue weighted by atomic mass is 16.7. The first-order valence-corrected chi connectivity index (χ1v) is 6.12. The second-order valence-electron chi connectivity index (χ2n) is 4.19. The van der Waals surface area contributed by atoms with Gasteiger partial charge in [0.05, 0.1) is 12.7 Å². The summed E-state index contributed by atoms with van der Waals surface area (Å²) < 4.78 is 15.0. The average Bonchev–Trinajstić information content (AvgIpc) is 2.89. The van der Waals surface area contributed by atoms with Crippen molar-refractivity contribution in [1.29, 1.82) is 0 Å². The summed E-state index contributed by atoms with van der Waals surface area (Å²) in [7, 11) is 1.27. The number of carbonyl (C=O) groups is 2. The fourth-order valence-corrected chi connectivity index (χ4v) is 1.86. The SMILES string of the molecule is CCN(CC(=O)OC)C(=O)c1cc2c(cc1N)OCO2. The quantitative estimate of drug-likeness (QED) is 0.642. The van der Waals surface area contributed by atoms with Crippen molar-refractivity contribution < 1.29 is 23.8 Å². The molecule has 2 rings (SSSR count). The maximum atomic E-state index is 12.4. The monoisotopic (exact) mass is 280 g/mol. The van der Waals surface area contributed by atoms with Gasteiger partial charge in [-0.2, -0.15) is 0 Å². The number of methoxy groups -OCH3 is 1. The Morgan fingerprint density at radius 1 is 1.35 bits per heavy atom. The van der Waals surface area contributed by atoms with Gasteiger partial charge in [-0.15, -0.1) is 0 Å². The molecule has 0 aliphatic carbocycles. The molecule has 1 aromatic rings. The predicted molar refractivity (Wildman–Crippen MR) is 70.6 cm³/mol. The Morgan fingerprint density at radius 2 is 2.00 bits per heavy atom. The first kappa shape index (κ1) is 14.0. The number of rotatable bonds is 4. The molecule has 0 bridgehead atoms. The molecule has 0 aromatic heterocycles. The van der Waals surface area contributed by atoms with Gasteiger partial charge < -0.3 is 24.8 Å². The van der Waals surface area contributed by atoms with Gasteiger partial charge in [0.25, 0.3) is 5.91 Å². The fraction of sp³-hybridized carbons (Fsp3) is 0.385. The lowest BCUT2D eigenvalue weighted by Crippen LogP contribution is -2.36. The number of likely N-dealkylation sites (N-methyl/N-ethyl adjacent to an activating group) is 1. The molecule has 2 N–H and O–H groups in total. The summed E-state index contributed by atoms with van der Waals surface area (Å²) in [5, 5.41) is 0. The van der Waals surface area contributed by atoms with Crippen molar-refractivity contribution in [2.24, 2.45) is 0 Å². The summed E-state index contributed by atoms with van der Waals surface area (Å²) in [5.41, 5.74) is 6.41. The second kappa shape index (κ2) is 5.68. The van der Waals surface area contributed by atoms with Crippen molar-refractivity contribution in [3.8, 4) is 11.5 Å². The van der Waals surface area contributed by atoms with E-state index in [0.29, 0.717) is 18.0 Å². The first-order chi connectivity index (χ1) is 9.56. The van der Waals surface area contributed by atoms with Gasteiger partial charge in [0.1, 0.15) is 6.54 Å². The van der Waals surface area contributed by atoms with E-state index < -0.39 is 5.97 Å². The normalized spacial score (nSPS) is 12.1. The van der Waals surface area contributed by atoms with Crippen LogP contribution in [0.4, 0.5) is 5.69 Å². The molecule has 7 heteroatoms. The topological polar surface area (TPSA) is 91.1 Å². The summed E-state index contributed by atoms with van der Waals surface area (Å²) in [6.45, 7) is 2.11. The van der Waals surface area contributed by atoms with Gasteiger partial charge in [0.2, 0.25) is 6.79 Å². The first-order valence-electron chi connectivity index (χ1n) is 6.12. The summed E-state index contributed by atoms with van der Waals surface area (Å²) >= 11 is 0. The van der Waals surface area contributed by atoms with E-state index in [1.807, 2.05) is 0 Å². The van der Waals surface area contributed by atoms with Crippen LogP contribution in [0.25, 0.3) is 0 Å². The van der Waals surface area contributed by atoms with Crippen LogP contribution in [0.2, 0.25) is 0 Å². The Hall–Kier alpha value is -2.44. The maximum absolute atomic E-state index is 12.4. The van der Waals surface area contributed by atoms with Gasteiger partial charge in [-0.25, -0.2) is 0 Å². The standard InChI is InChI=1S/C13H16N2O5/c1-3-15(6-12(16)18-2)13(17)8-4-10-11(5-9(8)14)20-7-19-10/h4-5H,3,6-7,14H2,1-2H3. The van der Waals surface area contributed by atoms with Gasteiger partial charge in [0, 0.05) is 18.3 Å². The molecule has 20 heavy (non-hydrogen) atoms. The van der Waals surface area contributed by atoms with Crippen molar-refractivity contribution in [2.45, 2.75) is 6.92 Å². The molecule has 0 spiro atoms. The number of nitrogens with two attached hydrogens (primary N) is 1. The van der Waals surface area contributed by atoms with E-state index in [2.05, 4.69) is 4.74 Å². The average molecular weight is 280 g/mol. The Labute approximate surface area is 116 Å². The molecular weight excluding hydrogens is 264 g/mol. The van der Waals surface area contributed by atoms with Crippen LogP contribution in [0.3, 0.4) is 0 Å². The molecule has 0 unspecified atom stereocenters. The number of amides is 1. The van der Waals surface area contributed by atoms with E-state index in [4.69, 9.17) is 15.2 Å². The molecule has 0 radical (unpaired) electrons. The summed E-state index contributed by atoms with van der Waals surface area (Å²) in [5.74, 6) is 0.139. The number of ether oxygens (including phenoxy) is 3. The number of hydrogen-bond acceptors (Lipinski definition) is 6. The van der Waals surface area contributed by atoms with E-state index in [-0.39, 0.29) is 30.5 Å². The molecule has 1 heterocycles. The van der Waals surface area contributed by atoms with Gasteiger partial charge in [-0.1, -0.05) is 0 Å². The smallest absolute Gasteiger partial charge is 0.325 e. The highest BCUT2D eigenvalue weighted by molar-refractivity contribution is 6.01. The number of fused-ring (bicyclic) bond motifs is 1. The van der Waals surface area contributed by atoms with Crippen LogP contribution in [0.1, 0.15) is 17.3 Å². The van der Waals surface area contributed by atoms with Gasteiger partial charge in [0.15, 0.2) is 11.5 Å². The predicted octanol–water partition coefficient (Wildman–Crippen LogP) is 0.633. The van der Waals surface area contributed by atoms with Crippen molar-refractivity contribution >= 4 is 17.6 Å². The number of carbonyl (C=O) groups excluding carboxylic acids is 2. The Kier molecular flexibility index (Phi) is 3.97. The van der Waals surface area contributed by atoms with Crippen LogP contribution < -0.4 is 15.2 Å². The second-order valence-corrected chi connectivity index (χ2v) is 4.19. The molecule has 0 fully saturated rings. The lowest BCUT2D eigenvalue weighted by Gasteiger charge is -2.20. The minimum absolute atomic E-state index is 0.103. The fourth-order valence-electron chi connectivity index (χ4n) is 1.86. The lowest BCUT2D eigenvalue weighted by atomic mass is 10.1. The lowest BCUT2D eigenvalue weighted by molar-refractivity contribution is -0.141. The number of esters is 1. The van der Waals surface area contributed by atoms with E-state index in [9.17, 15) is 9.59 Å². The molecule has 1 aliphatic rings. The summed E-state index contributed by atoms with van der Waals surface area (Å²) in [6.07, 6.45) is 0. The van der Waals surface area contributed by atoms with Gasteiger partial charge in [-0.05, 0) is 13.0 Å². The number of nitrogen functional groups attached to an aromatic ring is 1. The van der Waals surface area contributed by atoms with Crippen LogP contribution in [0.15, 0.2) is 12.1 Å². The molecule has 1 aliphatic heterocycles. The van der Waals surface area contributed by atoms with E-state index in [1.165, 1.54) is 18.1 Å². The molecule has 1 aromatic carbocycles. The van der Waals surface area contributed by atoms with Gasteiger partial charge in [-0.3, -0.25) is 9.59 Å². The van der Waals surface area contributed by atoms with Crippen molar-refractivity contribution in [1.82, 2.24) is 4.90 Å². The highest BCUT2D eigenvalue weighted by Gasteiger charge is 2.24. The molecular formula is C13H16N2O5. The number of nitrogens with zero attached hydrogens (tertiary/aromatic N) is 1. The zero-order valence-corrected chi connectivity index (χ0v) is 11.3. The Bertz CT molecular complexity index is 544. The van der Waals surface area contributed by atoms with Crippen LogP contribution in [-0.4, -0.2) is 43.8 Å². The number of anilines is 1. The minimum atomic E-state index is -0.487. The third-order valence-corrected chi connectivity index (χ3v) is 2.99. The molecule has 7 nitrogen and oxygen atoms in total. The van der Waals surface area contributed by atoms with Crippen LogP contribution in [-0.2, 0) is 9.53 Å².